The van der Waals surface area contributed by atoms with Gasteiger partial charge in [0.25, 0.3) is 0 Å². The van der Waals surface area contributed by atoms with Gasteiger partial charge in [-0.1, -0.05) is 26.3 Å². The molecule has 0 unspecified atom stereocenters. The third-order valence-corrected chi connectivity index (χ3v) is 3.77. The molecule has 140 valence electrons. The molecule has 0 atom stereocenters. The van der Waals surface area contributed by atoms with Crippen LogP contribution in [0.1, 0.15) is 38.7 Å². The number of aryl methyl sites for hydroxylation is 1. The molecule has 0 saturated carbocycles. The van der Waals surface area contributed by atoms with Crippen LogP contribution in [0, 0.1) is 0 Å². The number of rotatable bonds is 10. The first-order valence-electron chi connectivity index (χ1n) is 8.99. The average Bonchev–Trinajstić information content (AvgIpc) is 3.08. The summed E-state index contributed by atoms with van der Waals surface area (Å²) in [7, 11) is 1.61. The number of anilines is 1. The highest BCUT2D eigenvalue weighted by molar-refractivity contribution is 6.01. The summed E-state index contributed by atoms with van der Waals surface area (Å²) in [5.74, 6) is 1.86. The fraction of sp³-hybridized carbons (Fsp3) is 0.400. The van der Waals surface area contributed by atoms with E-state index in [1.54, 1.807) is 30.1 Å². The van der Waals surface area contributed by atoms with Crippen molar-refractivity contribution in [1.29, 1.82) is 0 Å². The van der Waals surface area contributed by atoms with Gasteiger partial charge in [-0.15, -0.1) is 0 Å². The van der Waals surface area contributed by atoms with Crippen molar-refractivity contribution in [3.8, 4) is 11.5 Å². The molecule has 1 aromatic heterocycles. The van der Waals surface area contributed by atoms with Crippen LogP contribution in [0.2, 0.25) is 0 Å². The number of amides is 1. The van der Waals surface area contributed by atoms with E-state index in [-0.39, 0.29) is 5.91 Å². The van der Waals surface area contributed by atoms with Crippen molar-refractivity contribution >= 4 is 17.8 Å². The van der Waals surface area contributed by atoms with Gasteiger partial charge in [0.1, 0.15) is 5.82 Å². The molecule has 2 aromatic rings. The molecule has 0 saturated heterocycles. The second-order valence-corrected chi connectivity index (χ2v) is 5.87. The predicted octanol–water partition coefficient (Wildman–Crippen LogP) is 4.13. The Morgan fingerprint density at radius 3 is 2.81 bits per heavy atom. The molecule has 6 heteroatoms. The Morgan fingerprint density at radius 1 is 1.23 bits per heavy atom. The molecule has 0 aliphatic carbocycles. The molecular weight excluding hydrogens is 330 g/mol. The van der Waals surface area contributed by atoms with Crippen molar-refractivity contribution in [3.05, 3.63) is 42.1 Å². The molecular formula is C20H27N3O3. The number of carbonyl (C=O) groups excluding carboxylic acids is 1. The summed E-state index contributed by atoms with van der Waals surface area (Å²) in [6.45, 7) is 5.61. The number of ether oxygens (including phenoxy) is 2. The Hall–Kier alpha value is -2.76. The second-order valence-electron chi connectivity index (χ2n) is 5.87. The number of nitrogens with zero attached hydrogens (tertiary/aromatic N) is 2. The minimum atomic E-state index is -0.204. The summed E-state index contributed by atoms with van der Waals surface area (Å²) < 4.78 is 12.9. The SMILES string of the molecule is CCCCOc1ccc(/C=C/C(=O)Nc2ccnn2CCC)cc1OC. The summed E-state index contributed by atoms with van der Waals surface area (Å²) in [6, 6.07) is 7.40. The second kappa shape index (κ2) is 10.3. The zero-order valence-corrected chi connectivity index (χ0v) is 15.7. The average molecular weight is 357 g/mol. The molecule has 1 N–H and O–H groups in total. The van der Waals surface area contributed by atoms with Crippen molar-refractivity contribution < 1.29 is 14.3 Å². The predicted molar refractivity (Wildman–Crippen MR) is 104 cm³/mol. The van der Waals surface area contributed by atoms with E-state index in [2.05, 4.69) is 24.3 Å². The van der Waals surface area contributed by atoms with E-state index in [9.17, 15) is 4.79 Å². The molecule has 0 aliphatic rings. The highest BCUT2D eigenvalue weighted by Gasteiger charge is 2.06. The van der Waals surface area contributed by atoms with E-state index in [1.807, 2.05) is 18.2 Å². The Kier molecular flexibility index (Phi) is 7.74. The Bertz CT molecular complexity index is 738. The molecule has 1 aromatic carbocycles. The summed E-state index contributed by atoms with van der Waals surface area (Å²) in [4.78, 5) is 12.1. The van der Waals surface area contributed by atoms with Crippen molar-refractivity contribution in [2.75, 3.05) is 19.0 Å². The molecule has 2 rings (SSSR count). The third-order valence-electron chi connectivity index (χ3n) is 3.77. The van der Waals surface area contributed by atoms with E-state index in [0.717, 1.165) is 31.4 Å². The number of aromatic nitrogens is 2. The van der Waals surface area contributed by atoms with Crippen LogP contribution in [0.4, 0.5) is 5.82 Å². The molecule has 1 heterocycles. The first-order chi connectivity index (χ1) is 12.7. The zero-order valence-electron chi connectivity index (χ0n) is 15.7. The van der Waals surface area contributed by atoms with Crippen LogP contribution in [0.5, 0.6) is 11.5 Å². The summed E-state index contributed by atoms with van der Waals surface area (Å²) in [6.07, 6.45) is 7.95. The van der Waals surface area contributed by atoms with Gasteiger partial charge < -0.3 is 14.8 Å². The first-order valence-corrected chi connectivity index (χ1v) is 8.99. The Labute approximate surface area is 154 Å². The van der Waals surface area contributed by atoms with Crippen LogP contribution in [0.25, 0.3) is 6.08 Å². The maximum Gasteiger partial charge on any atom is 0.249 e. The number of benzene rings is 1. The fourth-order valence-corrected chi connectivity index (χ4v) is 2.40. The van der Waals surface area contributed by atoms with E-state index < -0.39 is 0 Å². The Balaban J connectivity index is 2.00. The van der Waals surface area contributed by atoms with Gasteiger partial charge in [0, 0.05) is 18.7 Å². The van der Waals surface area contributed by atoms with E-state index in [1.165, 1.54) is 6.08 Å². The maximum atomic E-state index is 12.1. The van der Waals surface area contributed by atoms with Crippen LogP contribution in [0.15, 0.2) is 36.5 Å². The summed E-state index contributed by atoms with van der Waals surface area (Å²) in [5, 5.41) is 7.03. The molecule has 0 spiro atoms. The van der Waals surface area contributed by atoms with Crippen LogP contribution >= 0.6 is 0 Å². The third kappa shape index (κ3) is 5.65. The van der Waals surface area contributed by atoms with Crippen LogP contribution < -0.4 is 14.8 Å². The van der Waals surface area contributed by atoms with Crippen LogP contribution in [0.3, 0.4) is 0 Å². The lowest BCUT2D eigenvalue weighted by Crippen LogP contribution is -2.13. The highest BCUT2D eigenvalue weighted by Crippen LogP contribution is 2.28. The van der Waals surface area contributed by atoms with Gasteiger partial charge in [0.15, 0.2) is 11.5 Å². The Morgan fingerprint density at radius 2 is 2.08 bits per heavy atom. The molecule has 1 amide bonds. The van der Waals surface area contributed by atoms with Gasteiger partial charge in [-0.25, -0.2) is 4.68 Å². The van der Waals surface area contributed by atoms with Gasteiger partial charge in [0.2, 0.25) is 5.91 Å². The number of carbonyl (C=O) groups is 1. The number of hydrogen-bond acceptors (Lipinski definition) is 4. The molecule has 26 heavy (non-hydrogen) atoms. The van der Waals surface area contributed by atoms with Crippen LogP contribution in [-0.2, 0) is 11.3 Å². The molecule has 0 radical (unpaired) electrons. The van der Waals surface area contributed by atoms with Gasteiger partial charge in [-0.05, 0) is 36.6 Å². The molecule has 0 aliphatic heterocycles. The van der Waals surface area contributed by atoms with Crippen molar-refractivity contribution in [3.63, 3.8) is 0 Å². The molecule has 0 bridgehead atoms. The first kappa shape index (κ1) is 19.6. The van der Waals surface area contributed by atoms with Crippen LogP contribution in [-0.4, -0.2) is 29.4 Å². The zero-order chi connectivity index (χ0) is 18.8. The quantitative estimate of drug-likeness (QED) is 0.513. The lowest BCUT2D eigenvalue weighted by Gasteiger charge is -2.11. The van der Waals surface area contributed by atoms with Crippen molar-refractivity contribution in [2.24, 2.45) is 0 Å². The maximum absolute atomic E-state index is 12.1. The van der Waals surface area contributed by atoms with E-state index in [0.29, 0.717) is 23.9 Å². The summed E-state index contributed by atoms with van der Waals surface area (Å²) >= 11 is 0. The van der Waals surface area contributed by atoms with Gasteiger partial charge in [0.05, 0.1) is 19.9 Å². The van der Waals surface area contributed by atoms with Crippen molar-refractivity contribution in [1.82, 2.24) is 9.78 Å². The number of hydrogen-bond donors (Lipinski definition) is 1. The smallest absolute Gasteiger partial charge is 0.249 e. The highest BCUT2D eigenvalue weighted by atomic mass is 16.5. The largest absolute Gasteiger partial charge is 0.493 e. The molecule has 6 nitrogen and oxygen atoms in total. The minimum Gasteiger partial charge on any atom is -0.493 e. The standard InChI is InChI=1S/C20H27N3O3/c1-4-6-14-26-17-9-7-16(15-18(17)25-3)8-10-20(24)22-19-11-12-21-23(19)13-5-2/h7-12,15H,4-6,13-14H2,1-3H3,(H,22,24)/b10-8+. The minimum absolute atomic E-state index is 0.204. The number of methoxy groups -OCH3 is 1. The van der Waals surface area contributed by atoms with E-state index in [4.69, 9.17) is 9.47 Å². The van der Waals surface area contributed by atoms with Gasteiger partial charge >= 0.3 is 0 Å². The summed E-state index contributed by atoms with van der Waals surface area (Å²) in [5.41, 5.74) is 0.863. The van der Waals surface area contributed by atoms with Crippen molar-refractivity contribution in [2.45, 2.75) is 39.7 Å². The monoisotopic (exact) mass is 357 g/mol. The van der Waals surface area contributed by atoms with Gasteiger partial charge in [-0.3, -0.25) is 4.79 Å². The lowest BCUT2D eigenvalue weighted by atomic mass is 10.2. The van der Waals surface area contributed by atoms with Gasteiger partial charge in [-0.2, -0.15) is 5.10 Å². The number of unbranched alkanes of at least 4 members (excludes halogenated alkanes) is 1. The fourth-order valence-electron chi connectivity index (χ4n) is 2.40. The molecule has 0 fully saturated rings. The topological polar surface area (TPSA) is 65.4 Å². The lowest BCUT2D eigenvalue weighted by molar-refractivity contribution is -0.111. The normalized spacial score (nSPS) is 10.9. The van der Waals surface area contributed by atoms with E-state index >= 15 is 0 Å². The number of nitrogens with one attached hydrogen (secondary N) is 1.